The maximum Gasteiger partial charge on any atom is 0.342 e. The van der Waals surface area contributed by atoms with Crippen LogP contribution in [0.4, 0.5) is 0 Å². The zero-order valence-corrected chi connectivity index (χ0v) is 19.9. The lowest BCUT2D eigenvalue weighted by atomic mass is 10.2. The highest BCUT2D eigenvalue weighted by atomic mass is 16.5. The van der Waals surface area contributed by atoms with Crippen LogP contribution in [0.25, 0.3) is 33.8 Å². The highest BCUT2D eigenvalue weighted by Crippen LogP contribution is 2.25. The molecule has 0 atom stereocenters. The highest BCUT2D eigenvalue weighted by molar-refractivity contribution is 5.92. The summed E-state index contributed by atoms with van der Waals surface area (Å²) in [7, 11) is 2.80. The Labute approximate surface area is 204 Å². The Bertz CT molecular complexity index is 1630. The van der Waals surface area contributed by atoms with Gasteiger partial charge in [0.2, 0.25) is 0 Å². The molecule has 12 nitrogen and oxygen atoms in total. The lowest BCUT2D eigenvalue weighted by Crippen LogP contribution is -2.34. The number of amides is 1. The number of aromatic nitrogens is 6. The Morgan fingerprint density at radius 3 is 2.64 bits per heavy atom. The van der Waals surface area contributed by atoms with Gasteiger partial charge in [0, 0.05) is 33.2 Å². The average Bonchev–Trinajstić information content (AvgIpc) is 3.41. The van der Waals surface area contributed by atoms with Crippen LogP contribution in [-0.4, -0.2) is 79.4 Å². The maximum atomic E-state index is 13.5. The van der Waals surface area contributed by atoms with Crippen LogP contribution in [0.3, 0.4) is 0 Å². The fraction of sp³-hybridized carbons (Fsp3) is 0.250. The number of rotatable bonds is 6. The second kappa shape index (κ2) is 9.32. The molecule has 0 saturated heterocycles. The zero-order chi connectivity index (χ0) is 25.4. The number of hydrogen-bond donors (Lipinski definition) is 0. The van der Waals surface area contributed by atoms with E-state index < -0.39 is 11.6 Å². The standard InChI is InChI=1S/C24H23N7O5/c1-15-6-8-29-18(9-15)17(10-26-29)22-25-11-19-23(27-22)30(24(34)31(19)21(33)14-36-3)16-5-4-7-28(12-16)20(32)13-35-2/h4-6,8-12H,7,13-14H2,1-3H3. The van der Waals surface area contributed by atoms with E-state index in [-0.39, 0.29) is 30.3 Å². The van der Waals surface area contributed by atoms with Crippen molar-refractivity contribution in [3.63, 3.8) is 0 Å². The van der Waals surface area contributed by atoms with E-state index in [4.69, 9.17) is 9.47 Å². The van der Waals surface area contributed by atoms with E-state index in [0.29, 0.717) is 23.6 Å². The van der Waals surface area contributed by atoms with E-state index in [1.165, 1.54) is 36.1 Å². The number of hydrogen-bond acceptors (Lipinski definition) is 8. The quantitative estimate of drug-likeness (QED) is 0.397. The summed E-state index contributed by atoms with van der Waals surface area (Å²) in [6.45, 7) is 1.88. The number of methoxy groups -OCH3 is 2. The molecule has 0 radical (unpaired) electrons. The number of aryl methyl sites for hydroxylation is 1. The van der Waals surface area contributed by atoms with E-state index in [1.54, 1.807) is 22.9 Å². The molecule has 4 aromatic rings. The van der Waals surface area contributed by atoms with Gasteiger partial charge in [0.15, 0.2) is 11.5 Å². The minimum absolute atomic E-state index is 0.110. The van der Waals surface area contributed by atoms with Crippen LogP contribution < -0.4 is 5.69 Å². The molecule has 36 heavy (non-hydrogen) atoms. The van der Waals surface area contributed by atoms with E-state index in [1.807, 2.05) is 25.3 Å². The van der Waals surface area contributed by atoms with Crippen LogP contribution in [0.1, 0.15) is 10.4 Å². The molecule has 0 aromatic carbocycles. The largest absolute Gasteiger partial charge is 0.375 e. The molecule has 0 unspecified atom stereocenters. The van der Waals surface area contributed by atoms with Gasteiger partial charge in [0.1, 0.15) is 18.7 Å². The van der Waals surface area contributed by atoms with Crippen molar-refractivity contribution in [3.8, 4) is 11.4 Å². The summed E-state index contributed by atoms with van der Waals surface area (Å²) in [5.74, 6) is -0.508. The van der Waals surface area contributed by atoms with Gasteiger partial charge in [-0.15, -0.1) is 0 Å². The normalized spacial score (nSPS) is 13.5. The molecular formula is C24H23N7O5. The molecule has 0 fully saturated rings. The average molecular weight is 489 g/mol. The molecule has 1 amide bonds. The van der Waals surface area contributed by atoms with E-state index in [9.17, 15) is 14.4 Å². The van der Waals surface area contributed by atoms with Gasteiger partial charge < -0.3 is 14.4 Å². The van der Waals surface area contributed by atoms with Crippen molar-refractivity contribution in [2.75, 3.05) is 34.0 Å². The van der Waals surface area contributed by atoms with Crippen molar-refractivity contribution < 1.29 is 19.1 Å². The molecule has 1 aliphatic rings. The third-order valence-electron chi connectivity index (χ3n) is 5.75. The summed E-state index contributed by atoms with van der Waals surface area (Å²) in [5.41, 5.74) is 2.64. The van der Waals surface area contributed by atoms with Crippen LogP contribution in [0.5, 0.6) is 0 Å². The van der Waals surface area contributed by atoms with Crippen molar-refractivity contribution in [2.45, 2.75) is 6.92 Å². The first-order valence-corrected chi connectivity index (χ1v) is 11.1. The SMILES string of the molecule is COCC(=O)N1C=C(n2c(=O)n(C(=O)COC)c3cnc(-c4cnn5ccc(C)cc45)nc32)C=CC1. The number of carbonyl (C=O) groups is 2. The third kappa shape index (κ3) is 3.91. The Hall–Kier alpha value is -4.42. The number of carbonyl (C=O) groups excluding carboxylic acids is 2. The van der Waals surface area contributed by atoms with Crippen LogP contribution in [0, 0.1) is 6.92 Å². The Kier molecular flexibility index (Phi) is 6.04. The Morgan fingerprint density at radius 2 is 1.86 bits per heavy atom. The van der Waals surface area contributed by atoms with Gasteiger partial charge in [-0.25, -0.2) is 28.4 Å². The second-order valence-corrected chi connectivity index (χ2v) is 8.21. The number of fused-ring (bicyclic) bond motifs is 2. The Balaban J connectivity index is 1.73. The molecule has 184 valence electrons. The van der Waals surface area contributed by atoms with Crippen LogP contribution in [-0.2, 0) is 14.3 Å². The molecule has 12 heteroatoms. The van der Waals surface area contributed by atoms with Crippen molar-refractivity contribution >= 4 is 34.2 Å². The predicted octanol–water partition coefficient (Wildman–Crippen LogP) is 1.35. The molecule has 0 spiro atoms. The molecule has 5 rings (SSSR count). The van der Waals surface area contributed by atoms with Gasteiger partial charge in [-0.05, 0) is 30.7 Å². The molecule has 0 aliphatic carbocycles. The lowest BCUT2D eigenvalue weighted by Gasteiger charge is -2.21. The molecule has 0 bridgehead atoms. The molecule has 1 aliphatic heterocycles. The summed E-state index contributed by atoms with van der Waals surface area (Å²) < 4.78 is 13.9. The molecule has 5 heterocycles. The van der Waals surface area contributed by atoms with E-state index >= 15 is 0 Å². The fourth-order valence-corrected chi connectivity index (χ4v) is 4.09. The summed E-state index contributed by atoms with van der Waals surface area (Å²) in [6, 6.07) is 3.90. The number of nitrogens with zero attached hydrogens (tertiary/aromatic N) is 7. The summed E-state index contributed by atoms with van der Waals surface area (Å²) in [5, 5.41) is 4.36. The minimum Gasteiger partial charge on any atom is -0.375 e. The Morgan fingerprint density at radius 1 is 1.08 bits per heavy atom. The first-order valence-electron chi connectivity index (χ1n) is 11.1. The monoisotopic (exact) mass is 489 g/mol. The summed E-state index contributed by atoms with van der Waals surface area (Å²) in [4.78, 5) is 49.3. The fourth-order valence-electron chi connectivity index (χ4n) is 4.09. The van der Waals surface area contributed by atoms with E-state index in [2.05, 4.69) is 15.1 Å². The highest BCUT2D eigenvalue weighted by Gasteiger charge is 2.25. The number of pyridine rings is 1. The van der Waals surface area contributed by atoms with E-state index in [0.717, 1.165) is 15.6 Å². The number of imidazole rings is 1. The third-order valence-corrected chi connectivity index (χ3v) is 5.75. The van der Waals surface area contributed by atoms with Gasteiger partial charge in [-0.2, -0.15) is 5.10 Å². The zero-order valence-electron chi connectivity index (χ0n) is 19.9. The second-order valence-electron chi connectivity index (χ2n) is 8.21. The first-order chi connectivity index (χ1) is 17.4. The molecule has 0 saturated carbocycles. The van der Waals surface area contributed by atoms with Crippen LogP contribution in [0.15, 0.2) is 53.9 Å². The van der Waals surface area contributed by atoms with Crippen molar-refractivity contribution in [1.82, 2.24) is 33.6 Å². The van der Waals surface area contributed by atoms with Gasteiger partial charge in [0.05, 0.1) is 29.2 Å². The first kappa shape index (κ1) is 23.3. The van der Waals surface area contributed by atoms with Gasteiger partial charge >= 0.3 is 5.69 Å². The van der Waals surface area contributed by atoms with Crippen LogP contribution in [0.2, 0.25) is 0 Å². The number of ether oxygens (including phenoxy) is 2. The van der Waals surface area contributed by atoms with Crippen LogP contribution >= 0.6 is 0 Å². The van der Waals surface area contributed by atoms with Crippen molar-refractivity contribution in [1.29, 1.82) is 0 Å². The summed E-state index contributed by atoms with van der Waals surface area (Å²) in [6.07, 6.45) is 9.90. The maximum absolute atomic E-state index is 13.5. The smallest absolute Gasteiger partial charge is 0.342 e. The minimum atomic E-state index is -0.647. The lowest BCUT2D eigenvalue weighted by molar-refractivity contribution is -0.132. The van der Waals surface area contributed by atoms with Gasteiger partial charge in [-0.1, -0.05) is 6.08 Å². The predicted molar refractivity (Wildman–Crippen MR) is 130 cm³/mol. The number of allylic oxidation sites excluding steroid dienone is 2. The molecule has 0 N–H and O–H groups in total. The molecular weight excluding hydrogens is 466 g/mol. The van der Waals surface area contributed by atoms with Gasteiger partial charge in [0.25, 0.3) is 11.8 Å². The van der Waals surface area contributed by atoms with Gasteiger partial charge in [-0.3, -0.25) is 9.59 Å². The van der Waals surface area contributed by atoms with Crippen molar-refractivity contribution in [3.05, 3.63) is 65.1 Å². The van der Waals surface area contributed by atoms with Crippen molar-refractivity contribution in [2.24, 2.45) is 0 Å². The summed E-state index contributed by atoms with van der Waals surface area (Å²) >= 11 is 0. The topological polar surface area (TPSA) is 126 Å². The molecule has 4 aromatic heterocycles.